The van der Waals surface area contributed by atoms with E-state index in [0.717, 1.165) is 36.4 Å². The van der Waals surface area contributed by atoms with Gasteiger partial charge in [-0.05, 0) is 67.6 Å². The number of methoxy groups -OCH3 is 1. The Hall–Kier alpha value is -1.46. The molecule has 0 aromatic carbocycles. The van der Waals surface area contributed by atoms with Gasteiger partial charge in [0.15, 0.2) is 0 Å². The summed E-state index contributed by atoms with van der Waals surface area (Å²) in [6.07, 6.45) is 9.77. The second-order valence-corrected chi connectivity index (χ2v) is 9.43. The number of ether oxygens (including phenoxy) is 1. The van der Waals surface area contributed by atoms with Crippen LogP contribution in [0.1, 0.15) is 54.6 Å². The highest BCUT2D eigenvalue weighted by atomic mass is 16.5. The molecule has 5 nitrogen and oxygen atoms in total. The van der Waals surface area contributed by atoms with Gasteiger partial charge in [-0.1, -0.05) is 6.42 Å². The number of fused-ring (bicyclic) bond motifs is 3. The van der Waals surface area contributed by atoms with Crippen molar-refractivity contribution in [3.8, 4) is 0 Å². The number of carbonyl (C=O) groups excluding carboxylic acids is 1. The summed E-state index contributed by atoms with van der Waals surface area (Å²) in [6.45, 7) is 3.47. The van der Waals surface area contributed by atoms with Gasteiger partial charge in [-0.15, -0.1) is 0 Å². The molecule has 146 valence electrons. The topological polar surface area (TPSA) is 68.5 Å². The van der Waals surface area contributed by atoms with Crippen LogP contribution >= 0.6 is 0 Å². The first kappa shape index (κ1) is 17.6. The molecular formula is C22H31N3O2. The molecule has 3 unspecified atom stereocenters. The van der Waals surface area contributed by atoms with Crippen LogP contribution in [0.25, 0.3) is 0 Å². The van der Waals surface area contributed by atoms with Gasteiger partial charge in [0, 0.05) is 44.8 Å². The standard InChI is InChI=1S/C22H31N3O2/c1-27-22(17-5-6-24-20(10-17)21(23)26)18-3-2-4-19(22)13-25(12-18)11-14-7-15-9-16(15)8-14/h5-6,10,14-16,18-19H,2-4,7-9,11-13H2,1H3,(H2,23,26)/t14?,15-,16?,18-,19+,22?/m1/s1. The Morgan fingerprint density at radius 3 is 2.59 bits per heavy atom. The van der Waals surface area contributed by atoms with E-state index in [4.69, 9.17) is 10.5 Å². The van der Waals surface area contributed by atoms with Crippen LogP contribution in [0, 0.1) is 29.6 Å². The number of nitrogens with two attached hydrogens (primary N) is 1. The second-order valence-electron chi connectivity index (χ2n) is 9.43. The fourth-order valence-electron chi connectivity index (χ4n) is 6.76. The Morgan fingerprint density at radius 2 is 1.96 bits per heavy atom. The van der Waals surface area contributed by atoms with Crippen molar-refractivity contribution >= 4 is 5.91 Å². The number of primary amides is 1. The summed E-state index contributed by atoms with van der Waals surface area (Å²) >= 11 is 0. The summed E-state index contributed by atoms with van der Waals surface area (Å²) < 4.78 is 6.30. The minimum Gasteiger partial charge on any atom is -0.373 e. The lowest BCUT2D eigenvalue weighted by Crippen LogP contribution is -2.59. The summed E-state index contributed by atoms with van der Waals surface area (Å²) in [5.41, 5.74) is 6.61. The minimum absolute atomic E-state index is 0.306. The first-order valence-corrected chi connectivity index (χ1v) is 10.6. The van der Waals surface area contributed by atoms with Gasteiger partial charge in [0.1, 0.15) is 11.3 Å². The highest BCUT2D eigenvalue weighted by Gasteiger charge is 2.54. The number of hydrogen-bond donors (Lipinski definition) is 1. The van der Waals surface area contributed by atoms with Crippen LogP contribution in [0.3, 0.4) is 0 Å². The summed E-state index contributed by atoms with van der Waals surface area (Å²) in [6, 6.07) is 3.90. The molecule has 5 rings (SSSR count). The average Bonchev–Trinajstić information content (AvgIpc) is 3.27. The Morgan fingerprint density at radius 1 is 1.26 bits per heavy atom. The lowest BCUT2D eigenvalue weighted by Gasteiger charge is -2.55. The number of piperidine rings is 1. The molecule has 1 amide bonds. The highest BCUT2D eigenvalue weighted by Crippen LogP contribution is 2.55. The van der Waals surface area contributed by atoms with Crippen LogP contribution in [-0.2, 0) is 10.3 Å². The van der Waals surface area contributed by atoms with Crippen molar-refractivity contribution in [2.45, 2.75) is 44.1 Å². The number of nitrogens with zero attached hydrogens (tertiary/aromatic N) is 2. The van der Waals surface area contributed by atoms with E-state index < -0.39 is 5.91 Å². The highest BCUT2D eigenvalue weighted by molar-refractivity contribution is 5.90. The number of amides is 1. The van der Waals surface area contributed by atoms with Crippen LogP contribution in [0.5, 0.6) is 0 Å². The second kappa shape index (κ2) is 6.56. The van der Waals surface area contributed by atoms with Crippen LogP contribution < -0.4 is 5.73 Å². The summed E-state index contributed by atoms with van der Waals surface area (Å²) in [7, 11) is 1.84. The van der Waals surface area contributed by atoms with E-state index in [-0.39, 0.29) is 5.60 Å². The molecule has 3 saturated carbocycles. The van der Waals surface area contributed by atoms with Gasteiger partial charge in [0.2, 0.25) is 0 Å². The smallest absolute Gasteiger partial charge is 0.267 e. The van der Waals surface area contributed by atoms with Gasteiger partial charge in [0.05, 0.1) is 0 Å². The van der Waals surface area contributed by atoms with Crippen molar-refractivity contribution in [3.05, 3.63) is 29.6 Å². The number of hydrogen-bond acceptors (Lipinski definition) is 4. The zero-order chi connectivity index (χ0) is 18.6. The van der Waals surface area contributed by atoms with Crippen molar-refractivity contribution in [3.63, 3.8) is 0 Å². The fourth-order valence-corrected chi connectivity index (χ4v) is 6.76. The van der Waals surface area contributed by atoms with Gasteiger partial charge >= 0.3 is 0 Å². The molecule has 1 saturated heterocycles. The number of rotatable bonds is 5. The quantitative estimate of drug-likeness (QED) is 0.867. The number of aromatic nitrogens is 1. The molecule has 4 aliphatic rings. The van der Waals surface area contributed by atoms with E-state index in [9.17, 15) is 4.79 Å². The molecule has 2 bridgehead atoms. The maximum Gasteiger partial charge on any atom is 0.267 e. The largest absolute Gasteiger partial charge is 0.373 e. The van der Waals surface area contributed by atoms with Crippen molar-refractivity contribution in [2.75, 3.05) is 26.7 Å². The lowest BCUT2D eigenvalue weighted by atomic mass is 9.62. The number of pyridine rings is 1. The third kappa shape index (κ3) is 2.90. The molecule has 0 radical (unpaired) electrons. The van der Waals surface area contributed by atoms with Crippen LogP contribution in [0.4, 0.5) is 0 Å². The van der Waals surface area contributed by atoms with Gasteiger partial charge < -0.3 is 15.4 Å². The van der Waals surface area contributed by atoms with Gasteiger partial charge in [-0.25, -0.2) is 0 Å². The van der Waals surface area contributed by atoms with Crippen LogP contribution in [-0.4, -0.2) is 42.5 Å². The SMILES string of the molecule is COC1(c2ccnc(C(N)=O)c2)[C@@H]2CCC[C@H]1CN(CC1CC3C[C@H]3C1)C2. The van der Waals surface area contributed by atoms with Crippen molar-refractivity contribution in [1.82, 2.24) is 9.88 Å². The Kier molecular flexibility index (Phi) is 4.28. The molecule has 0 spiro atoms. The van der Waals surface area contributed by atoms with E-state index in [2.05, 4.69) is 9.88 Å². The molecule has 1 aromatic heterocycles. The maximum atomic E-state index is 11.7. The van der Waals surface area contributed by atoms with E-state index in [1.54, 1.807) is 6.20 Å². The Labute approximate surface area is 161 Å². The lowest BCUT2D eigenvalue weighted by molar-refractivity contribution is -0.170. The van der Waals surface area contributed by atoms with Gasteiger partial charge in [-0.3, -0.25) is 9.78 Å². The molecule has 1 aromatic rings. The maximum absolute atomic E-state index is 11.7. The molecule has 3 aliphatic carbocycles. The van der Waals surface area contributed by atoms with E-state index in [1.807, 2.05) is 19.2 Å². The zero-order valence-electron chi connectivity index (χ0n) is 16.3. The average molecular weight is 370 g/mol. The summed E-state index contributed by atoms with van der Waals surface area (Å²) in [4.78, 5) is 18.5. The predicted octanol–water partition coefficient (Wildman–Crippen LogP) is 2.80. The molecule has 6 atom stereocenters. The third-order valence-corrected chi connectivity index (χ3v) is 7.93. The first-order valence-electron chi connectivity index (χ1n) is 10.6. The molecule has 4 fully saturated rings. The third-order valence-electron chi connectivity index (χ3n) is 7.93. The predicted molar refractivity (Wildman–Crippen MR) is 103 cm³/mol. The Bertz CT molecular complexity index is 712. The first-order chi connectivity index (χ1) is 13.1. The fraction of sp³-hybridized carbons (Fsp3) is 0.727. The van der Waals surface area contributed by atoms with Gasteiger partial charge in [0.25, 0.3) is 5.91 Å². The summed E-state index contributed by atoms with van der Waals surface area (Å²) in [5, 5.41) is 0. The number of carbonyl (C=O) groups is 1. The minimum atomic E-state index is -0.467. The molecule has 27 heavy (non-hydrogen) atoms. The van der Waals surface area contributed by atoms with Crippen molar-refractivity contribution in [1.29, 1.82) is 0 Å². The molecule has 2 N–H and O–H groups in total. The summed E-state index contributed by atoms with van der Waals surface area (Å²) in [5.74, 6) is 3.49. The van der Waals surface area contributed by atoms with Crippen LogP contribution in [0.2, 0.25) is 0 Å². The van der Waals surface area contributed by atoms with E-state index >= 15 is 0 Å². The zero-order valence-corrected chi connectivity index (χ0v) is 16.3. The van der Waals surface area contributed by atoms with Crippen molar-refractivity contribution in [2.24, 2.45) is 35.3 Å². The monoisotopic (exact) mass is 369 g/mol. The van der Waals surface area contributed by atoms with Gasteiger partial charge in [-0.2, -0.15) is 0 Å². The van der Waals surface area contributed by atoms with E-state index in [0.29, 0.717) is 17.5 Å². The molecule has 5 heteroatoms. The van der Waals surface area contributed by atoms with Crippen molar-refractivity contribution < 1.29 is 9.53 Å². The number of likely N-dealkylation sites (tertiary alicyclic amines) is 1. The van der Waals surface area contributed by atoms with Crippen LogP contribution in [0.15, 0.2) is 18.3 Å². The van der Waals surface area contributed by atoms with E-state index in [1.165, 1.54) is 45.1 Å². The Balaban J connectivity index is 1.40. The normalized spacial score (nSPS) is 40.6. The molecule has 2 heterocycles. The molecular weight excluding hydrogens is 338 g/mol. The molecule has 1 aliphatic heterocycles.